The van der Waals surface area contributed by atoms with Crippen molar-refractivity contribution in [2.45, 2.75) is 0 Å². The monoisotopic (exact) mass is 743 g/mol. The Morgan fingerprint density at radius 1 is 0.281 bits per heavy atom. The highest BCUT2D eigenvalue weighted by Gasteiger charge is 2.19. The van der Waals surface area contributed by atoms with Crippen LogP contribution < -0.4 is 0 Å². The molecule has 0 amide bonds. The summed E-state index contributed by atoms with van der Waals surface area (Å²) in [6.45, 7) is 0. The lowest BCUT2D eigenvalue weighted by atomic mass is 9.90. The summed E-state index contributed by atoms with van der Waals surface area (Å²) in [5.41, 5.74) is 9.98. The Morgan fingerprint density at radius 3 is 1.60 bits per heavy atom. The van der Waals surface area contributed by atoms with Crippen LogP contribution in [0.5, 0.6) is 0 Å². The van der Waals surface area contributed by atoms with Crippen LogP contribution in [-0.4, -0.2) is 15.0 Å². The summed E-state index contributed by atoms with van der Waals surface area (Å²) >= 11 is 1.79. The lowest BCUT2D eigenvalue weighted by Gasteiger charge is -2.15. The molecule has 0 bridgehead atoms. The van der Waals surface area contributed by atoms with Crippen molar-refractivity contribution in [1.29, 1.82) is 0 Å². The summed E-state index contributed by atoms with van der Waals surface area (Å²) < 4.78 is 2.42. The molecule has 0 aliphatic rings. The van der Waals surface area contributed by atoms with Crippen molar-refractivity contribution in [3.63, 3.8) is 0 Å². The largest absolute Gasteiger partial charge is 0.208 e. The molecule has 2 aromatic heterocycles. The average Bonchev–Trinajstić information content (AvgIpc) is 3.68. The number of hydrogen-bond acceptors (Lipinski definition) is 4. The third-order valence-corrected chi connectivity index (χ3v) is 12.2. The first-order valence-electron chi connectivity index (χ1n) is 19.2. The molecule has 0 spiro atoms. The number of nitrogens with zero attached hydrogens (tertiary/aromatic N) is 3. The lowest BCUT2D eigenvalue weighted by molar-refractivity contribution is 1.08. The summed E-state index contributed by atoms with van der Waals surface area (Å²) in [5, 5.41) is 7.14. The minimum Gasteiger partial charge on any atom is -0.208 e. The Balaban J connectivity index is 1.11. The minimum absolute atomic E-state index is 0.642. The van der Waals surface area contributed by atoms with E-state index < -0.39 is 0 Å². The van der Waals surface area contributed by atoms with E-state index in [1.165, 1.54) is 58.8 Å². The Labute approximate surface area is 334 Å². The van der Waals surface area contributed by atoms with E-state index >= 15 is 0 Å². The molecule has 0 radical (unpaired) electrons. The predicted octanol–water partition coefficient (Wildman–Crippen LogP) is 14.5. The van der Waals surface area contributed by atoms with E-state index in [0.717, 1.165) is 33.0 Å². The Kier molecular flexibility index (Phi) is 8.01. The molecule has 0 unspecified atom stereocenters. The molecule has 11 rings (SSSR count). The highest BCUT2D eigenvalue weighted by atomic mass is 32.1. The van der Waals surface area contributed by atoms with Crippen molar-refractivity contribution in [3.8, 4) is 67.5 Å². The van der Waals surface area contributed by atoms with E-state index in [1.54, 1.807) is 11.3 Å². The van der Waals surface area contributed by atoms with Crippen molar-refractivity contribution in [3.05, 3.63) is 200 Å². The zero-order valence-electron chi connectivity index (χ0n) is 30.8. The number of benzene rings is 9. The average molecular weight is 744 g/mol. The van der Waals surface area contributed by atoms with Gasteiger partial charge in [0, 0.05) is 36.9 Å². The maximum absolute atomic E-state index is 5.32. The van der Waals surface area contributed by atoms with E-state index in [-0.39, 0.29) is 0 Å². The first-order valence-corrected chi connectivity index (χ1v) is 20.0. The van der Waals surface area contributed by atoms with Gasteiger partial charge < -0.3 is 0 Å². The van der Waals surface area contributed by atoms with Crippen LogP contribution in [-0.2, 0) is 0 Å². The second-order valence-electron chi connectivity index (χ2n) is 14.3. The van der Waals surface area contributed by atoms with Crippen molar-refractivity contribution < 1.29 is 0 Å². The molecule has 0 saturated heterocycles. The number of rotatable bonds is 6. The van der Waals surface area contributed by atoms with Crippen molar-refractivity contribution in [2.75, 3.05) is 0 Å². The van der Waals surface area contributed by atoms with Crippen LogP contribution in [0.1, 0.15) is 0 Å². The summed E-state index contributed by atoms with van der Waals surface area (Å²) in [4.78, 5) is 15.8. The number of hydrogen-bond donors (Lipinski definition) is 0. The second-order valence-corrected chi connectivity index (χ2v) is 15.4. The van der Waals surface area contributed by atoms with Crippen LogP contribution in [0.15, 0.2) is 200 Å². The van der Waals surface area contributed by atoms with Gasteiger partial charge in [0.25, 0.3) is 0 Å². The van der Waals surface area contributed by atoms with E-state index in [2.05, 4.69) is 194 Å². The van der Waals surface area contributed by atoms with Gasteiger partial charge in [-0.3, -0.25) is 0 Å². The highest BCUT2D eigenvalue weighted by molar-refractivity contribution is 7.26. The summed E-state index contributed by atoms with van der Waals surface area (Å²) in [7, 11) is 0. The molecule has 57 heavy (non-hydrogen) atoms. The molecular weight excluding hydrogens is 711 g/mol. The maximum Gasteiger partial charge on any atom is 0.165 e. The number of aromatic nitrogens is 3. The topological polar surface area (TPSA) is 38.7 Å². The minimum atomic E-state index is 0.642. The van der Waals surface area contributed by atoms with E-state index in [1.807, 2.05) is 6.07 Å². The molecule has 11 aromatic rings. The SMILES string of the molecule is c1ccc(-c2ccc(-c3nc(-c4ccc(-c5cc(-c6ccccc6)c6ccccc6c5)c5ccccc45)nc(-c4cccc5c4sc4ccccc45)n3)cc2)cc1. The van der Waals surface area contributed by atoms with Gasteiger partial charge in [0.1, 0.15) is 0 Å². The zero-order valence-corrected chi connectivity index (χ0v) is 31.6. The third-order valence-electron chi connectivity index (χ3n) is 11.0. The molecule has 0 aliphatic carbocycles. The fourth-order valence-electron chi connectivity index (χ4n) is 8.18. The summed E-state index contributed by atoms with van der Waals surface area (Å²) in [5.74, 6) is 1.95. The molecular formula is C53H33N3S. The predicted molar refractivity (Wildman–Crippen MR) is 240 cm³/mol. The number of thiophene rings is 1. The van der Waals surface area contributed by atoms with Crippen LogP contribution in [0.4, 0.5) is 0 Å². The molecule has 2 heterocycles. The normalized spacial score (nSPS) is 11.5. The van der Waals surface area contributed by atoms with Crippen LogP contribution >= 0.6 is 11.3 Å². The fraction of sp³-hybridized carbons (Fsp3) is 0. The van der Waals surface area contributed by atoms with Crippen LogP contribution in [0, 0.1) is 0 Å². The Bertz CT molecular complexity index is 3280. The van der Waals surface area contributed by atoms with Crippen LogP contribution in [0.3, 0.4) is 0 Å². The molecule has 0 fully saturated rings. The molecule has 0 atom stereocenters. The number of fused-ring (bicyclic) bond motifs is 5. The van der Waals surface area contributed by atoms with Gasteiger partial charge >= 0.3 is 0 Å². The standard InChI is InChI=1S/C53H33N3S/c1-3-14-34(15-4-1)35-26-28-37(29-27-35)51-54-52(56-53(55-51)47-24-13-23-45-44-22-11-12-25-49(44)57-50(45)47)46-31-30-41(42-20-9-10-21-43(42)46)39-32-38-18-7-8-19-40(38)48(33-39)36-16-5-2-6-17-36/h1-33H. The van der Waals surface area contributed by atoms with E-state index in [0.29, 0.717) is 17.5 Å². The maximum atomic E-state index is 5.32. The van der Waals surface area contributed by atoms with Gasteiger partial charge in [0.05, 0.1) is 0 Å². The smallest absolute Gasteiger partial charge is 0.165 e. The molecule has 3 nitrogen and oxygen atoms in total. The first kappa shape index (κ1) is 33.1. The molecule has 266 valence electrons. The van der Waals surface area contributed by atoms with E-state index in [9.17, 15) is 0 Å². The van der Waals surface area contributed by atoms with E-state index in [4.69, 9.17) is 15.0 Å². The quantitative estimate of drug-likeness (QED) is 0.170. The summed E-state index contributed by atoms with van der Waals surface area (Å²) in [6.07, 6.45) is 0. The van der Waals surface area contributed by atoms with Gasteiger partial charge in [-0.15, -0.1) is 11.3 Å². The zero-order chi connectivity index (χ0) is 37.7. The molecule has 4 heteroatoms. The van der Waals surface area contributed by atoms with Crippen molar-refractivity contribution >= 4 is 53.1 Å². The van der Waals surface area contributed by atoms with Crippen LogP contribution in [0.2, 0.25) is 0 Å². The van der Waals surface area contributed by atoms with Crippen molar-refractivity contribution in [1.82, 2.24) is 15.0 Å². The highest BCUT2D eigenvalue weighted by Crippen LogP contribution is 2.42. The molecule has 0 N–H and O–H groups in total. The molecule has 9 aromatic carbocycles. The van der Waals surface area contributed by atoms with Crippen LogP contribution in [0.25, 0.3) is 109 Å². The fourth-order valence-corrected chi connectivity index (χ4v) is 9.39. The lowest BCUT2D eigenvalue weighted by Crippen LogP contribution is -2.01. The van der Waals surface area contributed by atoms with Gasteiger partial charge in [0.2, 0.25) is 0 Å². The van der Waals surface area contributed by atoms with Gasteiger partial charge in [-0.2, -0.15) is 0 Å². The molecule has 0 saturated carbocycles. The third kappa shape index (κ3) is 5.86. The first-order chi connectivity index (χ1) is 28.2. The van der Waals surface area contributed by atoms with Crippen molar-refractivity contribution in [2.24, 2.45) is 0 Å². The Hall–Kier alpha value is -7.27. The van der Waals surface area contributed by atoms with Gasteiger partial charge in [-0.05, 0) is 85.3 Å². The Morgan fingerprint density at radius 2 is 0.825 bits per heavy atom. The molecule has 0 aliphatic heterocycles. The summed E-state index contributed by atoms with van der Waals surface area (Å²) in [6, 6.07) is 71.1. The van der Waals surface area contributed by atoms with Gasteiger partial charge in [-0.1, -0.05) is 170 Å². The van der Waals surface area contributed by atoms with Gasteiger partial charge in [-0.25, -0.2) is 15.0 Å². The van der Waals surface area contributed by atoms with Gasteiger partial charge in [0.15, 0.2) is 17.5 Å². The second kappa shape index (κ2) is 13.8.